The Morgan fingerprint density at radius 2 is 1.87 bits per heavy atom. The van der Waals surface area contributed by atoms with Crippen LogP contribution in [0.2, 0.25) is 0 Å². The van der Waals surface area contributed by atoms with E-state index >= 15 is 0 Å². The highest BCUT2D eigenvalue weighted by molar-refractivity contribution is 8.00. The van der Waals surface area contributed by atoms with Crippen molar-refractivity contribution >= 4 is 17.5 Å². The van der Waals surface area contributed by atoms with Crippen molar-refractivity contribution in [1.29, 1.82) is 0 Å². The zero-order chi connectivity index (χ0) is 17.4. The fourth-order valence-corrected chi connectivity index (χ4v) is 2.90. The lowest BCUT2D eigenvalue weighted by Crippen LogP contribution is -2.16. The van der Waals surface area contributed by atoms with E-state index in [1.165, 1.54) is 7.05 Å². The maximum atomic E-state index is 12.7. The molecule has 0 radical (unpaired) electrons. The number of benzene rings is 1. The van der Waals surface area contributed by atoms with Crippen molar-refractivity contribution in [2.75, 3.05) is 0 Å². The number of thioether (sulfide) groups is 1. The third-order valence-corrected chi connectivity index (χ3v) is 4.67. The second kappa shape index (κ2) is 6.35. The van der Waals surface area contributed by atoms with E-state index in [2.05, 4.69) is 10.2 Å². The molecule has 0 saturated carbocycles. The van der Waals surface area contributed by atoms with Gasteiger partial charge in [0.15, 0.2) is 10.9 Å². The molecule has 1 aromatic carbocycles. The highest BCUT2D eigenvalue weighted by atomic mass is 32.2. The Morgan fingerprint density at radius 3 is 2.39 bits per heavy atom. The zero-order valence-corrected chi connectivity index (χ0v) is 13.9. The summed E-state index contributed by atoms with van der Waals surface area (Å²) in [5.74, 6) is -1.24. The Bertz CT molecular complexity index is 740. The van der Waals surface area contributed by atoms with Crippen LogP contribution in [-0.2, 0) is 13.2 Å². The van der Waals surface area contributed by atoms with Crippen LogP contribution in [0.3, 0.4) is 0 Å². The Hall–Kier alpha value is -1.83. The van der Waals surface area contributed by atoms with E-state index in [9.17, 15) is 18.0 Å². The molecule has 1 aromatic heterocycles. The molecule has 0 N–H and O–H groups in total. The first-order valence-corrected chi connectivity index (χ1v) is 7.74. The lowest BCUT2D eigenvalue weighted by Gasteiger charge is -2.11. The minimum absolute atomic E-state index is 0.0574. The first-order valence-electron chi connectivity index (χ1n) is 6.86. The molecular weight excluding hydrogens is 327 g/mol. The highest BCUT2D eigenvalue weighted by Gasteiger charge is 2.37. The first kappa shape index (κ1) is 17.5. The van der Waals surface area contributed by atoms with Crippen LogP contribution in [0.5, 0.6) is 0 Å². The SMILES string of the molecule is Cc1ccc(C(=O)[C@@H](C)Sc2nnc(C(F)(F)F)n2C)cc1C. The van der Waals surface area contributed by atoms with Gasteiger partial charge in [0.05, 0.1) is 5.25 Å². The van der Waals surface area contributed by atoms with Gasteiger partial charge in [0.25, 0.3) is 0 Å². The summed E-state index contributed by atoms with van der Waals surface area (Å²) in [5, 5.41) is 6.18. The predicted molar refractivity (Wildman–Crippen MR) is 81.6 cm³/mol. The number of Topliss-reactive ketones (excluding diaryl/α,β-unsaturated/α-hetero) is 1. The van der Waals surface area contributed by atoms with Gasteiger partial charge in [-0.1, -0.05) is 23.9 Å². The van der Waals surface area contributed by atoms with E-state index in [0.717, 1.165) is 27.5 Å². The Kier molecular flexibility index (Phi) is 4.84. The van der Waals surface area contributed by atoms with Gasteiger partial charge >= 0.3 is 6.18 Å². The average Bonchev–Trinajstić information content (AvgIpc) is 2.82. The van der Waals surface area contributed by atoms with Gasteiger partial charge in [-0.25, -0.2) is 0 Å². The number of carbonyl (C=O) groups is 1. The van der Waals surface area contributed by atoms with E-state index in [-0.39, 0.29) is 10.9 Å². The second-order valence-electron chi connectivity index (χ2n) is 5.29. The fraction of sp³-hybridized carbons (Fsp3) is 0.400. The van der Waals surface area contributed by atoms with E-state index in [1.54, 1.807) is 19.1 Å². The summed E-state index contributed by atoms with van der Waals surface area (Å²) >= 11 is 0.960. The molecule has 0 fully saturated rings. The minimum Gasteiger partial charge on any atom is -0.302 e. The van der Waals surface area contributed by atoms with Gasteiger partial charge in [-0.2, -0.15) is 13.2 Å². The van der Waals surface area contributed by atoms with Crippen LogP contribution in [0.25, 0.3) is 0 Å². The Balaban J connectivity index is 2.19. The molecular formula is C15H16F3N3OS. The van der Waals surface area contributed by atoms with Gasteiger partial charge < -0.3 is 4.57 Å². The Labute approximate surface area is 136 Å². The van der Waals surface area contributed by atoms with Gasteiger partial charge in [-0.05, 0) is 38.0 Å². The van der Waals surface area contributed by atoms with Crippen molar-refractivity contribution in [3.05, 3.63) is 40.7 Å². The largest absolute Gasteiger partial charge is 0.451 e. The topological polar surface area (TPSA) is 47.8 Å². The van der Waals surface area contributed by atoms with Crippen molar-refractivity contribution < 1.29 is 18.0 Å². The fourth-order valence-electron chi connectivity index (χ4n) is 2.01. The molecule has 2 rings (SSSR count). The van der Waals surface area contributed by atoms with Gasteiger partial charge in [0.1, 0.15) is 0 Å². The number of aromatic nitrogens is 3. The van der Waals surface area contributed by atoms with Crippen LogP contribution < -0.4 is 0 Å². The second-order valence-corrected chi connectivity index (χ2v) is 6.59. The molecule has 4 nitrogen and oxygen atoms in total. The molecule has 8 heteroatoms. The van der Waals surface area contributed by atoms with Crippen LogP contribution in [0.15, 0.2) is 23.4 Å². The molecule has 0 aliphatic heterocycles. The lowest BCUT2D eigenvalue weighted by molar-refractivity contribution is -0.147. The molecule has 0 bridgehead atoms. The average molecular weight is 343 g/mol. The smallest absolute Gasteiger partial charge is 0.302 e. The standard InChI is InChI=1S/C15H16F3N3OS/c1-8-5-6-11(7-9(8)2)12(22)10(3)23-14-20-19-13(21(14)4)15(16,17)18/h5-7,10H,1-4H3/t10-/m1/s1. The minimum atomic E-state index is -4.57. The third-order valence-electron chi connectivity index (χ3n) is 3.53. The molecule has 0 amide bonds. The normalized spacial score (nSPS) is 13.2. The van der Waals surface area contributed by atoms with E-state index < -0.39 is 17.3 Å². The summed E-state index contributed by atoms with van der Waals surface area (Å²) in [6.07, 6.45) is -4.57. The van der Waals surface area contributed by atoms with Crippen molar-refractivity contribution in [3.63, 3.8) is 0 Å². The quantitative estimate of drug-likeness (QED) is 0.626. The van der Waals surface area contributed by atoms with Crippen molar-refractivity contribution in [3.8, 4) is 0 Å². The van der Waals surface area contributed by atoms with Crippen molar-refractivity contribution in [2.45, 2.75) is 37.4 Å². The molecule has 0 saturated heterocycles. The van der Waals surface area contributed by atoms with Crippen LogP contribution in [-0.4, -0.2) is 25.8 Å². The number of aryl methyl sites for hydroxylation is 2. The number of rotatable bonds is 4. The van der Waals surface area contributed by atoms with Crippen LogP contribution in [0, 0.1) is 13.8 Å². The highest BCUT2D eigenvalue weighted by Crippen LogP contribution is 2.31. The van der Waals surface area contributed by atoms with Gasteiger partial charge in [-0.3, -0.25) is 4.79 Å². The molecule has 0 spiro atoms. The van der Waals surface area contributed by atoms with Crippen LogP contribution in [0.4, 0.5) is 13.2 Å². The number of alkyl halides is 3. The van der Waals surface area contributed by atoms with Crippen LogP contribution >= 0.6 is 11.8 Å². The number of nitrogens with zero attached hydrogens (tertiary/aromatic N) is 3. The number of halogens is 3. The summed E-state index contributed by atoms with van der Waals surface area (Å²) in [6, 6.07) is 5.36. The van der Waals surface area contributed by atoms with Gasteiger partial charge in [-0.15, -0.1) is 10.2 Å². The molecule has 2 aromatic rings. The van der Waals surface area contributed by atoms with E-state index in [1.807, 2.05) is 19.9 Å². The Morgan fingerprint density at radius 1 is 1.22 bits per heavy atom. The number of ketones is 1. The molecule has 1 heterocycles. The number of hydrogen-bond acceptors (Lipinski definition) is 4. The summed E-state index contributed by atoms with van der Waals surface area (Å²) in [5.41, 5.74) is 2.60. The predicted octanol–water partition coefficient (Wildman–Crippen LogP) is 3.81. The molecule has 124 valence electrons. The molecule has 0 aliphatic carbocycles. The third kappa shape index (κ3) is 3.74. The van der Waals surface area contributed by atoms with E-state index in [4.69, 9.17) is 0 Å². The molecule has 0 unspecified atom stereocenters. The van der Waals surface area contributed by atoms with Gasteiger partial charge in [0.2, 0.25) is 5.82 Å². The zero-order valence-electron chi connectivity index (χ0n) is 13.1. The molecule has 0 aliphatic rings. The summed E-state index contributed by atoms with van der Waals surface area (Å²) < 4.78 is 39.0. The van der Waals surface area contributed by atoms with Crippen molar-refractivity contribution in [1.82, 2.24) is 14.8 Å². The summed E-state index contributed by atoms with van der Waals surface area (Å²) in [6.45, 7) is 5.49. The van der Waals surface area contributed by atoms with E-state index in [0.29, 0.717) is 5.56 Å². The lowest BCUT2D eigenvalue weighted by atomic mass is 10.0. The summed E-state index contributed by atoms with van der Waals surface area (Å²) in [7, 11) is 1.23. The maximum absolute atomic E-state index is 12.7. The summed E-state index contributed by atoms with van der Waals surface area (Å²) in [4.78, 5) is 12.4. The first-order chi connectivity index (χ1) is 10.6. The monoisotopic (exact) mass is 343 g/mol. The van der Waals surface area contributed by atoms with Crippen molar-refractivity contribution in [2.24, 2.45) is 7.05 Å². The maximum Gasteiger partial charge on any atom is 0.451 e. The van der Waals surface area contributed by atoms with Gasteiger partial charge in [0, 0.05) is 12.6 Å². The van der Waals surface area contributed by atoms with Crippen LogP contribution in [0.1, 0.15) is 34.2 Å². The molecule has 23 heavy (non-hydrogen) atoms. The number of hydrogen-bond donors (Lipinski definition) is 0. The molecule has 1 atom stereocenters. The number of carbonyl (C=O) groups excluding carboxylic acids is 1.